The van der Waals surface area contributed by atoms with Crippen LogP contribution in [0.4, 0.5) is 0 Å². The predicted octanol–water partition coefficient (Wildman–Crippen LogP) is 1.74. The molecule has 0 saturated heterocycles. The summed E-state index contributed by atoms with van der Waals surface area (Å²) in [6, 6.07) is 5.49. The van der Waals surface area contributed by atoms with Gasteiger partial charge in [-0.2, -0.15) is 0 Å². The number of benzene rings is 1. The van der Waals surface area contributed by atoms with Gasteiger partial charge in [-0.25, -0.2) is 0 Å². The molecule has 0 heterocycles. The number of carbonyl (C=O) groups excluding carboxylic acids is 1. The Hall–Kier alpha value is -1.61. The number of aldehydes is 1. The fraction of sp³-hybridized carbons (Fsp3) is 0.250. The summed E-state index contributed by atoms with van der Waals surface area (Å²) in [6.07, 6.45) is 4.78. The first-order valence-corrected chi connectivity index (χ1v) is 4.76. The summed E-state index contributed by atoms with van der Waals surface area (Å²) < 4.78 is 5.10. The van der Waals surface area contributed by atoms with E-state index in [9.17, 15) is 4.79 Å². The number of hydrogen-bond donors (Lipinski definition) is 1. The van der Waals surface area contributed by atoms with Crippen LogP contribution in [0.25, 0.3) is 6.08 Å². The normalized spacial score (nSPS) is 10.5. The molecule has 0 aliphatic heterocycles. The Morgan fingerprint density at radius 2 is 2.27 bits per heavy atom. The monoisotopic (exact) mass is 205 g/mol. The van der Waals surface area contributed by atoms with Crippen LogP contribution in [0.2, 0.25) is 0 Å². The van der Waals surface area contributed by atoms with Crippen molar-refractivity contribution in [2.45, 2.75) is 0 Å². The molecule has 1 aromatic rings. The number of methoxy groups -OCH3 is 1. The van der Waals surface area contributed by atoms with Gasteiger partial charge < -0.3 is 10.1 Å². The topological polar surface area (TPSA) is 38.3 Å². The largest absolute Gasteiger partial charge is 0.496 e. The van der Waals surface area contributed by atoms with Crippen molar-refractivity contribution in [1.82, 2.24) is 5.32 Å². The molecule has 0 aliphatic rings. The number of likely N-dealkylation sites (N-methyl/N-ethyl adjacent to an activating group) is 1. The smallest absolute Gasteiger partial charge is 0.153 e. The summed E-state index contributed by atoms with van der Waals surface area (Å²) in [5.74, 6) is 0.608. The third kappa shape index (κ3) is 3.22. The van der Waals surface area contributed by atoms with Gasteiger partial charge in [0.05, 0.1) is 12.7 Å². The first kappa shape index (κ1) is 11.5. The van der Waals surface area contributed by atoms with Crippen molar-refractivity contribution in [3.05, 3.63) is 35.4 Å². The number of nitrogens with one attached hydrogen (secondary N) is 1. The van der Waals surface area contributed by atoms with Gasteiger partial charge >= 0.3 is 0 Å². The molecule has 0 aliphatic carbocycles. The lowest BCUT2D eigenvalue weighted by molar-refractivity contribution is 0.112. The van der Waals surface area contributed by atoms with Crippen molar-refractivity contribution in [2.24, 2.45) is 0 Å². The molecule has 15 heavy (non-hydrogen) atoms. The molecule has 1 aromatic carbocycles. The van der Waals surface area contributed by atoms with Gasteiger partial charge in [0.25, 0.3) is 0 Å². The first-order chi connectivity index (χ1) is 7.31. The minimum Gasteiger partial charge on any atom is -0.496 e. The van der Waals surface area contributed by atoms with E-state index in [1.165, 1.54) is 0 Å². The lowest BCUT2D eigenvalue weighted by Crippen LogP contribution is -2.03. The second-order valence-corrected chi connectivity index (χ2v) is 3.08. The molecule has 0 spiro atoms. The van der Waals surface area contributed by atoms with Crippen LogP contribution in [-0.4, -0.2) is 27.0 Å². The van der Waals surface area contributed by atoms with Gasteiger partial charge in [0.1, 0.15) is 5.75 Å². The highest BCUT2D eigenvalue weighted by Crippen LogP contribution is 2.19. The van der Waals surface area contributed by atoms with Crippen LogP contribution in [-0.2, 0) is 0 Å². The Morgan fingerprint density at radius 3 is 2.87 bits per heavy atom. The van der Waals surface area contributed by atoms with Gasteiger partial charge in [0, 0.05) is 6.54 Å². The SMILES string of the molecule is CNCC=Cc1ccc(C=O)c(OC)c1. The first-order valence-electron chi connectivity index (χ1n) is 4.76. The molecular formula is C12H15NO2. The number of rotatable bonds is 5. The molecule has 1 N–H and O–H groups in total. The Kier molecular flexibility index (Phi) is 4.57. The summed E-state index contributed by atoms with van der Waals surface area (Å²) >= 11 is 0. The van der Waals surface area contributed by atoms with Gasteiger partial charge in [-0.05, 0) is 24.7 Å². The maximum Gasteiger partial charge on any atom is 0.153 e. The van der Waals surface area contributed by atoms with Crippen molar-refractivity contribution < 1.29 is 9.53 Å². The Balaban J connectivity index is 2.88. The van der Waals surface area contributed by atoms with Crippen molar-refractivity contribution in [3.63, 3.8) is 0 Å². The minimum atomic E-state index is 0.572. The van der Waals surface area contributed by atoms with E-state index in [0.29, 0.717) is 11.3 Å². The fourth-order valence-electron chi connectivity index (χ4n) is 1.24. The van der Waals surface area contributed by atoms with Crippen molar-refractivity contribution in [2.75, 3.05) is 20.7 Å². The lowest BCUT2D eigenvalue weighted by Gasteiger charge is -2.04. The molecule has 0 fully saturated rings. The number of carbonyl (C=O) groups is 1. The molecule has 0 amide bonds. The van der Waals surface area contributed by atoms with E-state index < -0.39 is 0 Å². The highest BCUT2D eigenvalue weighted by molar-refractivity contribution is 5.80. The third-order valence-electron chi connectivity index (χ3n) is 2.02. The summed E-state index contributed by atoms with van der Waals surface area (Å²) in [5.41, 5.74) is 1.59. The van der Waals surface area contributed by atoms with Gasteiger partial charge in [-0.3, -0.25) is 4.79 Å². The molecule has 0 bridgehead atoms. The van der Waals surface area contributed by atoms with E-state index in [0.717, 1.165) is 18.4 Å². The zero-order valence-electron chi connectivity index (χ0n) is 8.99. The maximum absolute atomic E-state index is 10.6. The van der Waals surface area contributed by atoms with Crippen molar-refractivity contribution in [1.29, 1.82) is 0 Å². The molecule has 80 valence electrons. The van der Waals surface area contributed by atoms with Gasteiger partial charge in [0.15, 0.2) is 6.29 Å². The highest BCUT2D eigenvalue weighted by Gasteiger charge is 2.00. The minimum absolute atomic E-state index is 0.572. The summed E-state index contributed by atoms with van der Waals surface area (Å²) in [6.45, 7) is 0.817. The van der Waals surface area contributed by atoms with E-state index >= 15 is 0 Å². The Bertz CT molecular complexity index is 359. The summed E-state index contributed by atoms with van der Waals surface area (Å²) in [7, 11) is 3.45. The van der Waals surface area contributed by atoms with Gasteiger partial charge in [-0.15, -0.1) is 0 Å². The van der Waals surface area contributed by atoms with Crippen LogP contribution in [0.1, 0.15) is 15.9 Å². The molecule has 0 saturated carbocycles. The van der Waals surface area contributed by atoms with Crippen molar-refractivity contribution in [3.8, 4) is 5.75 Å². The van der Waals surface area contributed by atoms with Gasteiger partial charge in [-0.1, -0.05) is 18.2 Å². The zero-order valence-corrected chi connectivity index (χ0v) is 8.99. The van der Waals surface area contributed by atoms with Crippen LogP contribution in [0, 0.1) is 0 Å². The second-order valence-electron chi connectivity index (χ2n) is 3.08. The second kappa shape index (κ2) is 5.98. The van der Waals surface area contributed by atoms with E-state index in [4.69, 9.17) is 4.74 Å². The molecule has 0 atom stereocenters. The summed E-state index contributed by atoms with van der Waals surface area (Å²) in [4.78, 5) is 10.6. The van der Waals surface area contributed by atoms with Crippen molar-refractivity contribution >= 4 is 12.4 Å². The molecule has 0 radical (unpaired) electrons. The average Bonchev–Trinajstić information content (AvgIpc) is 2.29. The molecular weight excluding hydrogens is 190 g/mol. The molecule has 1 rings (SSSR count). The van der Waals surface area contributed by atoms with Crippen LogP contribution in [0.15, 0.2) is 24.3 Å². The Labute approximate surface area is 89.8 Å². The lowest BCUT2D eigenvalue weighted by atomic mass is 10.1. The standard InChI is InChI=1S/C12H15NO2/c1-13-7-3-4-10-5-6-11(9-14)12(8-10)15-2/h3-6,8-9,13H,7H2,1-2H3. The Morgan fingerprint density at radius 1 is 1.47 bits per heavy atom. The molecule has 0 unspecified atom stereocenters. The van der Waals surface area contributed by atoms with Crippen LogP contribution < -0.4 is 10.1 Å². The fourth-order valence-corrected chi connectivity index (χ4v) is 1.24. The van der Waals surface area contributed by atoms with Crippen LogP contribution in [0.3, 0.4) is 0 Å². The van der Waals surface area contributed by atoms with E-state index in [1.807, 2.05) is 31.3 Å². The van der Waals surface area contributed by atoms with Crippen LogP contribution >= 0.6 is 0 Å². The zero-order chi connectivity index (χ0) is 11.1. The molecule has 3 nitrogen and oxygen atoms in total. The van der Waals surface area contributed by atoms with E-state index in [1.54, 1.807) is 13.2 Å². The maximum atomic E-state index is 10.6. The quantitative estimate of drug-likeness (QED) is 0.744. The van der Waals surface area contributed by atoms with E-state index in [2.05, 4.69) is 5.32 Å². The third-order valence-corrected chi connectivity index (χ3v) is 2.02. The number of hydrogen-bond acceptors (Lipinski definition) is 3. The number of ether oxygens (including phenoxy) is 1. The van der Waals surface area contributed by atoms with Crippen LogP contribution in [0.5, 0.6) is 5.75 Å². The summed E-state index contributed by atoms with van der Waals surface area (Å²) in [5, 5.41) is 3.01. The molecule has 3 heteroatoms. The van der Waals surface area contributed by atoms with Gasteiger partial charge in [0.2, 0.25) is 0 Å². The average molecular weight is 205 g/mol. The molecule has 0 aromatic heterocycles. The van der Waals surface area contributed by atoms with E-state index in [-0.39, 0.29) is 0 Å². The highest BCUT2D eigenvalue weighted by atomic mass is 16.5. The predicted molar refractivity (Wildman–Crippen MR) is 61.3 cm³/mol.